The van der Waals surface area contributed by atoms with Crippen LogP contribution in [-0.2, 0) is 10.2 Å². The van der Waals surface area contributed by atoms with Gasteiger partial charge in [0.05, 0.1) is 22.1 Å². The van der Waals surface area contributed by atoms with Gasteiger partial charge in [-0.3, -0.25) is 9.59 Å². The molecule has 4 amide bonds. The monoisotopic (exact) mass is 408 g/mol. The van der Waals surface area contributed by atoms with E-state index in [1.807, 2.05) is 37.3 Å². The molecule has 2 aromatic carbocycles. The van der Waals surface area contributed by atoms with Crippen molar-refractivity contribution in [2.24, 2.45) is 5.10 Å². The van der Waals surface area contributed by atoms with E-state index in [9.17, 15) is 14.4 Å². The fourth-order valence-electron chi connectivity index (χ4n) is 3.54. The maximum atomic E-state index is 13.1. The lowest BCUT2D eigenvalue weighted by atomic mass is 9.85. The number of anilines is 2. The van der Waals surface area contributed by atoms with E-state index in [1.165, 1.54) is 4.90 Å². The van der Waals surface area contributed by atoms with Gasteiger partial charge in [-0.15, -0.1) is 0 Å². The molecule has 1 atom stereocenters. The average Bonchev–Trinajstić information content (AvgIpc) is 2.88. The Labute approximate surface area is 172 Å². The number of urea groups is 1. The summed E-state index contributed by atoms with van der Waals surface area (Å²) in [6.45, 7) is 5.51. The van der Waals surface area contributed by atoms with Crippen LogP contribution in [0.1, 0.15) is 31.9 Å². The first-order chi connectivity index (χ1) is 13.8. The van der Waals surface area contributed by atoms with Crippen molar-refractivity contribution in [3.63, 3.8) is 0 Å². The second-order valence-corrected chi connectivity index (χ2v) is 8.76. The van der Waals surface area contributed by atoms with E-state index in [-0.39, 0.29) is 16.4 Å². The lowest BCUT2D eigenvalue weighted by molar-refractivity contribution is -0.121. The number of carbonyl (C=O) groups excluding carboxylic acids is 3. The molecule has 2 N–H and O–H groups in total. The second-order valence-electron chi connectivity index (χ2n) is 7.45. The number of amides is 4. The normalized spacial score (nSPS) is 20.0. The molecule has 2 heterocycles. The number of carbonyl (C=O) groups is 3. The van der Waals surface area contributed by atoms with Crippen molar-refractivity contribution in [3.8, 4) is 0 Å². The van der Waals surface area contributed by atoms with Gasteiger partial charge in [-0.1, -0.05) is 36.0 Å². The summed E-state index contributed by atoms with van der Waals surface area (Å²) >= 11 is 1.16. The molecule has 0 spiro atoms. The first-order valence-electron chi connectivity index (χ1n) is 9.18. The van der Waals surface area contributed by atoms with Gasteiger partial charge in [-0.25, -0.2) is 15.1 Å². The van der Waals surface area contributed by atoms with Gasteiger partial charge in [0.2, 0.25) is 5.91 Å². The van der Waals surface area contributed by atoms with Gasteiger partial charge >= 0.3 is 6.03 Å². The van der Waals surface area contributed by atoms with Crippen LogP contribution in [0.5, 0.6) is 0 Å². The quantitative estimate of drug-likeness (QED) is 0.783. The molecule has 4 rings (SSSR count). The Morgan fingerprint density at radius 2 is 1.90 bits per heavy atom. The predicted molar refractivity (Wildman–Crippen MR) is 115 cm³/mol. The fourth-order valence-corrected chi connectivity index (χ4v) is 4.26. The number of hydrogen-bond donors (Lipinski definition) is 2. The zero-order valence-electron chi connectivity index (χ0n) is 16.2. The van der Waals surface area contributed by atoms with Crippen LogP contribution in [0, 0.1) is 0 Å². The summed E-state index contributed by atoms with van der Waals surface area (Å²) in [5.74, 6) is -0.292. The van der Waals surface area contributed by atoms with Crippen LogP contribution in [0.15, 0.2) is 53.6 Å². The summed E-state index contributed by atoms with van der Waals surface area (Å²) in [6, 6.07) is 14.0. The number of hydrazone groups is 1. The summed E-state index contributed by atoms with van der Waals surface area (Å²) in [5.41, 5.74) is 5.08. The number of nitrogens with zero attached hydrogens (tertiary/aromatic N) is 2. The molecule has 2 aromatic rings. The third-order valence-electron chi connectivity index (χ3n) is 5.11. The van der Waals surface area contributed by atoms with E-state index in [0.29, 0.717) is 11.4 Å². The molecule has 0 bridgehead atoms. The standard InChI is InChI=1S/C21H20N4O3S/c1-12-17(23-24-20(28)29-12)13-9-10-16-15(11-13)21(2,3)18(26)25(16)19(27)22-14-7-5-4-6-8-14/h4-12H,1-3H3,(H,22,27)(H,24,28). The summed E-state index contributed by atoms with van der Waals surface area (Å²) in [6.07, 6.45) is 0. The molecular formula is C21H20N4O3S. The number of hydrogen-bond acceptors (Lipinski definition) is 5. The third kappa shape index (κ3) is 3.29. The maximum absolute atomic E-state index is 13.1. The highest BCUT2D eigenvalue weighted by Crippen LogP contribution is 2.42. The Kier molecular flexibility index (Phi) is 4.66. The van der Waals surface area contributed by atoms with Crippen LogP contribution >= 0.6 is 11.8 Å². The van der Waals surface area contributed by atoms with Gasteiger partial charge in [0.1, 0.15) is 0 Å². The largest absolute Gasteiger partial charge is 0.333 e. The van der Waals surface area contributed by atoms with Crippen LogP contribution in [0.2, 0.25) is 0 Å². The van der Waals surface area contributed by atoms with E-state index < -0.39 is 11.4 Å². The van der Waals surface area contributed by atoms with E-state index in [2.05, 4.69) is 15.8 Å². The zero-order valence-corrected chi connectivity index (χ0v) is 17.0. The summed E-state index contributed by atoms with van der Waals surface area (Å²) in [4.78, 5) is 38.6. The van der Waals surface area contributed by atoms with Crippen molar-refractivity contribution < 1.29 is 14.4 Å². The molecule has 2 aliphatic heterocycles. The van der Waals surface area contributed by atoms with Crippen LogP contribution < -0.4 is 15.6 Å². The second kappa shape index (κ2) is 7.04. The van der Waals surface area contributed by atoms with Gasteiger partial charge in [0.25, 0.3) is 5.24 Å². The first kappa shape index (κ1) is 19.2. The van der Waals surface area contributed by atoms with Crippen molar-refractivity contribution in [2.45, 2.75) is 31.4 Å². The van der Waals surface area contributed by atoms with E-state index in [0.717, 1.165) is 28.6 Å². The van der Waals surface area contributed by atoms with Gasteiger partial charge in [-0.05, 0) is 56.2 Å². The van der Waals surface area contributed by atoms with Crippen molar-refractivity contribution >= 4 is 46.0 Å². The predicted octanol–water partition coefficient (Wildman–Crippen LogP) is 4.09. The van der Waals surface area contributed by atoms with E-state index >= 15 is 0 Å². The molecule has 2 aliphatic rings. The number of fused-ring (bicyclic) bond motifs is 1. The molecule has 1 unspecified atom stereocenters. The molecule has 0 aromatic heterocycles. The molecule has 0 saturated carbocycles. The number of nitrogens with one attached hydrogen (secondary N) is 2. The molecule has 7 nitrogen and oxygen atoms in total. The Balaban J connectivity index is 1.70. The smallest absolute Gasteiger partial charge is 0.307 e. The Morgan fingerprint density at radius 1 is 1.17 bits per heavy atom. The SMILES string of the molecule is CC1SC(=O)NN=C1c1ccc2c(c1)C(C)(C)C(=O)N2C(=O)Nc1ccccc1. The van der Waals surface area contributed by atoms with Gasteiger partial charge in [0, 0.05) is 5.69 Å². The van der Waals surface area contributed by atoms with Crippen LogP contribution in [-0.4, -0.2) is 28.1 Å². The lowest BCUT2D eigenvalue weighted by Gasteiger charge is -2.20. The molecule has 29 heavy (non-hydrogen) atoms. The molecule has 0 radical (unpaired) electrons. The number of benzene rings is 2. The Bertz CT molecular complexity index is 1050. The van der Waals surface area contributed by atoms with Crippen molar-refractivity contribution in [1.29, 1.82) is 0 Å². The number of para-hydroxylation sites is 1. The van der Waals surface area contributed by atoms with E-state index in [1.54, 1.807) is 32.0 Å². The molecule has 0 fully saturated rings. The number of thioether (sulfide) groups is 1. The summed E-state index contributed by atoms with van der Waals surface area (Å²) < 4.78 is 0. The van der Waals surface area contributed by atoms with Crippen LogP contribution in [0.3, 0.4) is 0 Å². The van der Waals surface area contributed by atoms with E-state index in [4.69, 9.17) is 0 Å². The highest BCUT2D eigenvalue weighted by molar-refractivity contribution is 8.14. The van der Waals surface area contributed by atoms with Crippen molar-refractivity contribution in [2.75, 3.05) is 10.2 Å². The first-order valence-corrected chi connectivity index (χ1v) is 10.1. The summed E-state index contributed by atoms with van der Waals surface area (Å²) in [7, 11) is 0. The van der Waals surface area contributed by atoms with Crippen LogP contribution in [0.25, 0.3) is 0 Å². The molecule has 0 aliphatic carbocycles. The molecule has 0 saturated heterocycles. The topological polar surface area (TPSA) is 90.9 Å². The van der Waals surface area contributed by atoms with Crippen molar-refractivity contribution in [1.82, 2.24) is 5.43 Å². The number of rotatable bonds is 2. The van der Waals surface area contributed by atoms with Crippen LogP contribution in [0.4, 0.5) is 21.0 Å². The average molecular weight is 408 g/mol. The fraction of sp³-hybridized carbons (Fsp3) is 0.238. The third-order valence-corrected chi connectivity index (χ3v) is 5.99. The van der Waals surface area contributed by atoms with Gasteiger partial charge in [0.15, 0.2) is 0 Å². The van der Waals surface area contributed by atoms with Gasteiger partial charge in [-0.2, -0.15) is 5.10 Å². The number of imide groups is 1. The van der Waals surface area contributed by atoms with Gasteiger partial charge < -0.3 is 5.32 Å². The minimum absolute atomic E-state index is 0.112. The zero-order chi connectivity index (χ0) is 20.8. The highest BCUT2D eigenvalue weighted by atomic mass is 32.2. The molecule has 148 valence electrons. The lowest BCUT2D eigenvalue weighted by Crippen LogP contribution is -2.42. The Morgan fingerprint density at radius 3 is 2.59 bits per heavy atom. The highest BCUT2D eigenvalue weighted by Gasteiger charge is 2.47. The molecule has 8 heteroatoms. The molecular weight excluding hydrogens is 388 g/mol. The minimum atomic E-state index is -0.867. The van der Waals surface area contributed by atoms with Crippen molar-refractivity contribution in [3.05, 3.63) is 59.7 Å². The summed E-state index contributed by atoms with van der Waals surface area (Å²) in [5, 5.41) is 6.65. The maximum Gasteiger partial charge on any atom is 0.333 e. The minimum Gasteiger partial charge on any atom is -0.307 e. The Hall–Kier alpha value is -3.13.